The molecule has 122 valence electrons. The molecule has 1 heterocycles. The SMILES string of the molecule is COC(=O)CC1[Se]/C(=N\N=C(/C)c2ccc(Cl)c(Cl)c2)NC1=O. The first-order valence-corrected chi connectivity index (χ1v) is 9.13. The molecule has 0 radical (unpaired) electrons. The van der Waals surface area contributed by atoms with Crippen molar-refractivity contribution in [2.45, 2.75) is 18.2 Å². The predicted molar refractivity (Wildman–Crippen MR) is 90.4 cm³/mol. The number of nitrogens with one attached hydrogen (secondary N) is 1. The van der Waals surface area contributed by atoms with Crippen LogP contribution in [0.1, 0.15) is 18.9 Å². The first kappa shape index (κ1) is 17.9. The van der Waals surface area contributed by atoms with Crippen LogP contribution >= 0.6 is 23.2 Å². The minimum atomic E-state index is -0.413. The number of amides is 1. The maximum absolute atomic E-state index is 11.8. The van der Waals surface area contributed by atoms with Gasteiger partial charge in [0.1, 0.15) is 0 Å². The Balaban J connectivity index is 2.08. The van der Waals surface area contributed by atoms with E-state index in [9.17, 15) is 9.59 Å². The Labute approximate surface area is 149 Å². The van der Waals surface area contributed by atoms with Gasteiger partial charge in [-0.15, -0.1) is 0 Å². The number of methoxy groups -OCH3 is 1. The molecule has 23 heavy (non-hydrogen) atoms. The van der Waals surface area contributed by atoms with Crippen LogP contribution in [0.5, 0.6) is 0 Å². The van der Waals surface area contributed by atoms with Crippen LogP contribution in [0.15, 0.2) is 28.4 Å². The Kier molecular flexibility index (Phi) is 6.18. The van der Waals surface area contributed by atoms with Gasteiger partial charge in [0.25, 0.3) is 0 Å². The summed E-state index contributed by atoms with van der Waals surface area (Å²) in [5.74, 6) is -0.639. The number of benzene rings is 1. The van der Waals surface area contributed by atoms with Gasteiger partial charge in [0.2, 0.25) is 0 Å². The molecule has 2 rings (SSSR count). The molecule has 1 N–H and O–H groups in total. The Bertz CT molecular complexity index is 707. The van der Waals surface area contributed by atoms with Crippen molar-refractivity contribution in [3.63, 3.8) is 0 Å². The fraction of sp³-hybridized carbons (Fsp3) is 0.286. The van der Waals surface area contributed by atoms with Gasteiger partial charge in [0.05, 0.1) is 0 Å². The van der Waals surface area contributed by atoms with E-state index in [1.807, 2.05) is 0 Å². The molecule has 6 nitrogen and oxygen atoms in total. The van der Waals surface area contributed by atoms with Gasteiger partial charge in [-0.3, -0.25) is 0 Å². The van der Waals surface area contributed by atoms with E-state index in [0.717, 1.165) is 5.56 Å². The van der Waals surface area contributed by atoms with Crippen molar-refractivity contribution in [2.75, 3.05) is 7.11 Å². The van der Waals surface area contributed by atoms with E-state index in [2.05, 4.69) is 20.3 Å². The first-order valence-electron chi connectivity index (χ1n) is 6.52. The zero-order valence-electron chi connectivity index (χ0n) is 12.3. The van der Waals surface area contributed by atoms with Crippen molar-refractivity contribution in [1.82, 2.24) is 5.32 Å². The van der Waals surface area contributed by atoms with Crippen molar-refractivity contribution in [2.24, 2.45) is 10.2 Å². The van der Waals surface area contributed by atoms with E-state index in [-0.39, 0.29) is 27.3 Å². The number of carbonyl (C=O) groups excluding carboxylic acids is 2. The van der Waals surface area contributed by atoms with Crippen LogP contribution in [0.4, 0.5) is 0 Å². The molecule has 0 spiro atoms. The molecule has 1 aliphatic heterocycles. The molecule has 0 aromatic heterocycles. The van der Waals surface area contributed by atoms with Crippen LogP contribution in [0, 0.1) is 0 Å². The number of amidine groups is 1. The fourth-order valence-corrected chi connectivity index (χ4v) is 3.91. The van der Waals surface area contributed by atoms with Gasteiger partial charge in [-0.25, -0.2) is 0 Å². The number of hydrogen-bond acceptors (Lipinski definition) is 5. The van der Waals surface area contributed by atoms with E-state index >= 15 is 0 Å². The van der Waals surface area contributed by atoms with E-state index in [1.54, 1.807) is 25.1 Å². The molecular weight excluding hydrogens is 408 g/mol. The molecule has 1 aliphatic rings. The number of esters is 1. The van der Waals surface area contributed by atoms with Crippen LogP contribution in [0.2, 0.25) is 14.9 Å². The summed E-state index contributed by atoms with van der Waals surface area (Å²) in [7, 11) is 1.29. The van der Waals surface area contributed by atoms with Crippen molar-refractivity contribution in [3.8, 4) is 0 Å². The molecule has 1 aromatic rings. The van der Waals surface area contributed by atoms with E-state index in [0.29, 0.717) is 20.5 Å². The third-order valence-corrected chi connectivity index (χ3v) is 5.97. The monoisotopic (exact) mass is 421 g/mol. The van der Waals surface area contributed by atoms with Gasteiger partial charge in [0.15, 0.2) is 0 Å². The summed E-state index contributed by atoms with van der Waals surface area (Å²) < 4.78 is 5.06. The Hall–Kier alpha value is -1.40. The zero-order valence-corrected chi connectivity index (χ0v) is 15.5. The number of rotatable bonds is 4. The van der Waals surface area contributed by atoms with Crippen molar-refractivity contribution >= 4 is 60.5 Å². The second-order valence-corrected chi connectivity index (χ2v) is 7.91. The summed E-state index contributed by atoms with van der Waals surface area (Å²) in [6.45, 7) is 1.78. The summed E-state index contributed by atoms with van der Waals surface area (Å²) in [4.78, 5) is 22.6. The quantitative estimate of drug-likeness (QED) is 0.351. The normalized spacial score (nSPS) is 19.8. The van der Waals surface area contributed by atoms with Crippen molar-refractivity contribution in [1.29, 1.82) is 0 Å². The number of nitrogens with zero attached hydrogens (tertiary/aromatic N) is 2. The van der Waals surface area contributed by atoms with Crippen LogP contribution < -0.4 is 5.32 Å². The number of hydrogen-bond donors (Lipinski definition) is 1. The molecule has 1 amide bonds. The third-order valence-electron chi connectivity index (χ3n) is 2.98. The van der Waals surface area contributed by atoms with Crippen LogP contribution in [0.25, 0.3) is 0 Å². The molecule has 1 saturated heterocycles. The summed E-state index contributed by atoms with van der Waals surface area (Å²) in [5.41, 5.74) is 1.42. The van der Waals surface area contributed by atoms with Gasteiger partial charge in [-0.05, 0) is 0 Å². The summed E-state index contributed by atoms with van der Waals surface area (Å²) >= 11 is 11.5. The summed E-state index contributed by atoms with van der Waals surface area (Å²) in [6.07, 6.45) is 0.0524. The summed E-state index contributed by atoms with van der Waals surface area (Å²) in [6, 6.07) is 5.16. The molecule has 0 saturated carbocycles. The predicted octanol–water partition coefficient (Wildman–Crippen LogP) is 2.26. The Morgan fingerprint density at radius 2 is 2.13 bits per heavy atom. The van der Waals surface area contributed by atoms with Gasteiger partial charge in [-0.1, -0.05) is 0 Å². The molecular formula is C14H13Cl2N3O3Se. The van der Waals surface area contributed by atoms with Gasteiger partial charge >= 0.3 is 149 Å². The molecule has 1 unspecified atom stereocenters. The topological polar surface area (TPSA) is 80.1 Å². The van der Waals surface area contributed by atoms with Gasteiger partial charge in [-0.2, -0.15) is 0 Å². The molecule has 0 bridgehead atoms. The zero-order chi connectivity index (χ0) is 17.0. The average Bonchev–Trinajstić information content (AvgIpc) is 2.87. The van der Waals surface area contributed by atoms with E-state index in [1.165, 1.54) is 7.11 Å². The third kappa shape index (κ3) is 4.78. The molecule has 1 fully saturated rings. The number of carbonyl (C=O) groups is 2. The Morgan fingerprint density at radius 1 is 1.39 bits per heavy atom. The van der Waals surface area contributed by atoms with Gasteiger partial charge in [0, 0.05) is 0 Å². The molecule has 1 aromatic carbocycles. The molecule has 1 atom stereocenters. The van der Waals surface area contributed by atoms with E-state index in [4.69, 9.17) is 23.2 Å². The van der Waals surface area contributed by atoms with Crippen LogP contribution in [-0.4, -0.2) is 44.4 Å². The Morgan fingerprint density at radius 3 is 2.78 bits per heavy atom. The van der Waals surface area contributed by atoms with Crippen LogP contribution in [0.3, 0.4) is 0 Å². The minimum absolute atomic E-state index is 0.0524. The van der Waals surface area contributed by atoms with Crippen molar-refractivity contribution < 1.29 is 14.3 Å². The standard InChI is InChI=1S/C14H13Cl2N3O3Se/c1-7(8-3-4-9(15)10(16)5-8)18-19-14-17-13(21)11(23-14)6-12(20)22-2/h3-5,11H,6H2,1-2H3,(H,17,19,21)/b18-7+. The number of halogens is 2. The average molecular weight is 421 g/mol. The first-order chi connectivity index (χ1) is 10.9. The second kappa shape index (κ2) is 7.92. The summed E-state index contributed by atoms with van der Waals surface area (Å²) in [5, 5.41) is 11.7. The van der Waals surface area contributed by atoms with Crippen molar-refractivity contribution in [3.05, 3.63) is 33.8 Å². The maximum atomic E-state index is 11.8. The number of ether oxygens (including phenoxy) is 1. The molecule has 0 aliphatic carbocycles. The second-order valence-electron chi connectivity index (χ2n) is 4.60. The van der Waals surface area contributed by atoms with Crippen LogP contribution in [-0.2, 0) is 14.3 Å². The van der Waals surface area contributed by atoms with E-state index < -0.39 is 10.8 Å². The van der Waals surface area contributed by atoms with Gasteiger partial charge < -0.3 is 0 Å². The molecule has 9 heteroatoms. The fourth-order valence-electron chi connectivity index (χ4n) is 1.72.